The minimum absolute atomic E-state index is 0.0184. The molecule has 0 bridgehead atoms. The van der Waals surface area contributed by atoms with Crippen molar-refractivity contribution in [3.8, 4) is 0 Å². The molecule has 2 aliphatic carbocycles. The molecule has 108 valence electrons. The zero-order chi connectivity index (χ0) is 13.9. The minimum Gasteiger partial charge on any atom is -0.457 e. The van der Waals surface area contributed by atoms with E-state index in [0.717, 1.165) is 44.9 Å². The van der Waals surface area contributed by atoms with Gasteiger partial charge in [0.15, 0.2) is 0 Å². The van der Waals surface area contributed by atoms with E-state index < -0.39 is 0 Å². The van der Waals surface area contributed by atoms with Crippen molar-refractivity contribution >= 4 is 5.97 Å². The number of hydrogen-bond donors (Lipinski definition) is 1. The van der Waals surface area contributed by atoms with Crippen LogP contribution in [0, 0.1) is 5.92 Å². The van der Waals surface area contributed by atoms with Crippen LogP contribution in [0.25, 0.3) is 0 Å². The van der Waals surface area contributed by atoms with Gasteiger partial charge in [0.25, 0.3) is 0 Å². The number of rotatable bonds is 2. The first-order chi connectivity index (χ1) is 9.75. The maximum absolute atomic E-state index is 12.4. The number of fused-ring (bicyclic) bond motifs is 1. The van der Waals surface area contributed by atoms with Crippen LogP contribution in [-0.2, 0) is 16.0 Å². The molecule has 0 amide bonds. The SMILES string of the molecule is NC1CCCCC1C(=O)OC1CCCc2ccccc21. The van der Waals surface area contributed by atoms with Crippen molar-refractivity contribution in [2.24, 2.45) is 11.7 Å². The van der Waals surface area contributed by atoms with Crippen LogP contribution < -0.4 is 5.73 Å². The summed E-state index contributed by atoms with van der Waals surface area (Å²) in [5.41, 5.74) is 8.59. The smallest absolute Gasteiger partial charge is 0.311 e. The molecule has 0 radical (unpaired) electrons. The molecule has 1 saturated carbocycles. The van der Waals surface area contributed by atoms with Gasteiger partial charge in [0.1, 0.15) is 6.10 Å². The third kappa shape index (κ3) is 2.73. The van der Waals surface area contributed by atoms with Gasteiger partial charge in [-0.1, -0.05) is 37.1 Å². The molecule has 0 saturated heterocycles. The molecule has 1 fully saturated rings. The number of ether oxygens (including phenoxy) is 1. The van der Waals surface area contributed by atoms with Crippen molar-refractivity contribution in [2.45, 2.75) is 57.1 Å². The lowest BCUT2D eigenvalue weighted by atomic mass is 9.85. The minimum atomic E-state index is -0.0992. The summed E-state index contributed by atoms with van der Waals surface area (Å²) in [4.78, 5) is 12.4. The lowest BCUT2D eigenvalue weighted by Crippen LogP contribution is -2.39. The Bertz CT molecular complexity index is 486. The third-order valence-corrected chi connectivity index (χ3v) is 4.69. The summed E-state index contributed by atoms with van der Waals surface area (Å²) >= 11 is 0. The lowest BCUT2D eigenvalue weighted by molar-refractivity contribution is -0.157. The van der Waals surface area contributed by atoms with Crippen molar-refractivity contribution in [3.05, 3.63) is 35.4 Å². The van der Waals surface area contributed by atoms with Crippen molar-refractivity contribution in [1.82, 2.24) is 0 Å². The molecule has 3 rings (SSSR count). The maximum Gasteiger partial charge on any atom is 0.311 e. The van der Waals surface area contributed by atoms with E-state index in [2.05, 4.69) is 18.2 Å². The van der Waals surface area contributed by atoms with Crippen LogP contribution in [0.3, 0.4) is 0 Å². The Balaban J connectivity index is 1.70. The number of aryl methyl sites for hydroxylation is 1. The fourth-order valence-electron chi connectivity index (χ4n) is 3.51. The van der Waals surface area contributed by atoms with E-state index in [9.17, 15) is 4.79 Å². The summed E-state index contributed by atoms with van der Waals surface area (Å²) in [7, 11) is 0. The van der Waals surface area contributed by atoms with E-state index in [0.29, 0.717) is 0 Å². The molecule has 1 aromatic carbocycles. The number of carbonyl (C=O) groups is 1. The van der Waals surface area contributed by atoms with E-state index in [-0.39, 0.29) is 24.0 Å². The van der Waals surface area contributed by atoms with Crippen LogP contribution in [0.5, 0.6) is 0 Å². The topological polar surface area (TPSA) is 52.3 Å². The Hall–Kier alpha value is -1.35. The Morgan fingerprint density at radius 3 is 2.75 bits per heavy atom. The number of hydrogen-bond acceptors (Lipinski definition) is 3. The summed E-state index contributed by atoms with van der Waals surface area (Å²) in [5.74, 6) is -0.184. The summed E-state index contributed by atoms with van der Waals surface area (Å²) in [6.45, 7) is 0. The highest BCUT2D eigenvalue weighted by Gasteiger charge is 2.32. The third-order valence-electron chi connectivity index (χ3n) is 4.69. The van der Waals surface area contributed by atoms with Crippen LogP contribution in [0.1, 0.15) is 55.8 Å². The van der Waals surface area contributed by atoms with Crippen molar-refractivity contribution in [2.75, 3.05) is 0 Å². The first-order valence-corrected chi connectivity index (χ1v) is 7.79. The normalized spacial score (nSPS) is 29.6. The zero-order valence-electron chi connectivity index (χ0n) is 11.9. The number of benzene rings is 1. The predicted molar refractivity (Wildman–Crippen MR) is 78.1 cm³/mol. The highest BCUT2D eigenvalue weighted by Crippen LogP contribution is 2.34. The Morgan fingerprint density at radius 2 is 1.90 bits per heavy atom. The van der Waals surface area contributed by atoms with Gasteiger partial charge in [-0.2, -0.15) is 0 Å². The molecule has 2 aliphatic rings. The van der Waals surface area contributed by atoms with Crippen molar-refractivity contribution in [1.29, 1.82) is 0 Å². The predicted octanol–water partition coefficient (Wildman–Crippen LogP) is 3.12. The average molecular weight is 273 g/mol. The molecule has 2 N–H and O–H groups in total. The molecule has 0 heterocycles. The van der Waals surface area contributed by atoms with Crippen molar-refractivity contribution < 1.29 is 9.53 Å². The molecule has 3 heteroatoms. The first kappa shape index (κ1) is 13.6. The molecule has 20 heavy (non-hydrogen) atoms. The fourth-order valence-corrected chi connectivity index (χ4v) is 3.51. The summed E-state index contributed by atoms with van der Waals surface area (Å²) in [6, 6.07) is 8.29. The van der Waals surface area contributed by atoms with E-state index in [1.54, 1.807) is 0 Å². The van der Waals surface area contributed by atoms with Crippen molar-refractivity contribution in [3.63, 3.8) is 0 Å². The molecular formula is C17H23NO2. The molecule has 0 spiro atoms. The standard InChI is InChI=1S/C17H23NO2/c18-15-10-4-3-9-14(15)17(19)20-16-11-5-7-12-6-1-2-8-13(12)16/h1-2,6,8,14-16H,3-5,7,9-11,18H2. The Kier molecular flexibility index (Phi) is 4.06. The number of nitrogens with two attached hydrogens (primary N) is 1. The molecule has 3 atom stereocenters. The Morgan fingerprint density at radius 1 is 1.10 bits per heavy atom. The van der Waals surface area contributed by atoms with Crippen LogP contribution in [0.2, 0.25) is 0 Å². The van der Waals surface area contributed by atoms with Crippen LogP contribution >= 0.6 is 0 Å². The van der Waals surface area contributed by atoms with Gasteiger partial charge in [-0.15, -0.1) is 0 Å². The molecular weight excluding hydrogens is 250 g/mol. The van der Waals surface area contributed by atoms with Gasteiger partial charge >= 0.3 is 5.97 Å². The second kappa shape index (κ2) is 5.96. The monoisotopic (exact) mass is 273 g/mol. The number of carbonyl (C=O) groups excluding carboxylic acids is 1. The average Bonchev–Trinajstić information content (AvgIpc) is 2.48. The quantitative estimate of drug-likeness (QED) is 0.842. The van der Waals surface area contributed by atoms with E-state index >= 15 is 0 Å². The van der Waals surface area contributed by atoms with E-state index in [1.807, 2.05) is 6.07 Å². The summed E-state index contributed by atoms with van der Waals surface area (Å²) in [6.07, 6.45) is 7.10. The molecule has 3 unspecified atom stereocenters. The second-order valence-corrected chi connectivity index (χ2v) is 6.07. The first-order valence-electron chi connectivity index (χ1n) is 7.79. The summed E-state index contributed by atoms with van der Waals surface area (Å²) in [5, 5.41) is 0. The highest BCUT2D eigenvalue weighted by molar-refractivity contribution is 5.73. The lowest BCUT2D eigenvalue weighted by Gasteiger charge is -2.30. The zero-order valence-corrected chi connectivity index (χ0v) is 11.9. The maximum atomic E-state index is 12.4. The van der Waals surface area contributed by atoms with Gasteiger partial charge in [-0.25, -0.2) is 0 Å². The Labute approximate surface area is 120 Å². The summed E-state index contributed by atoms with van der Waals surface area (Å²) < 4.78 is 5.81. The fraction of sp³-hybridized carbons (Fsp3) is 0.588. The van der Waals surface area contributed by atoms with Gasteiger partial charge in [-0.3, -0.25) is 4.79 Å². The number of esters is 1. The van der Waals surface area contributed by atoms with Crippen LogP contribution in [-0.4, -0.2) is 12.0 Å². The highest BCUT2D eigenvalue weighted by atomic mass is 16.5. The van der Waals surface area contributed by atoms with Gasteiger partial charge in [0, 0.05) is 6.04 Å². The van der Waals surface area contributed by atoms with Crippen LogP contribution in [0.15, 0.2) is 24.3 Å². The van der Waals surface area contributed by atoms with Gasteiger partial charge in [0.05, 0.1) is 5.92 Å². The molecule has 1 aromatic rings. The van der Waals surface area contributed by atoms with Gasteiger partial charge in [-0.05, 0) is 43.2 Å². The van der Waals surface area contributed by atoms with Gasteiger partial charge in [0.2, 0.25) is 0 Å². The van der Waals surface area contributed by atoms with E-state index in [4.69, 9.17) is 10.5 Å². The second-order valence-electron chi connectivity index (χ2n) is 6.07. The van der Waals surface area contributed by atoms with Crippen LogP contribution in [0.4, 0.5) is 0 Å². The molecule has 3 nitrogen and oxygen atoms in total. The van der Waals surface area contributed by atoms with E-state index in [1.165, 1.54) is 11.1 Å². The van der Waals surface area contributed by atoms with Gasteiger partial charge < -0.3 is 10.5 Å². The largest absolute Gasteiger partial charge is 0.457 e. The molecule has 0 aliphatic heterocycles. The molecule has 0 aromatic heterocycles.